The van der Waals surface area contributed by atoms with Crippen LogP contribution in [0.3, 0.4) is 0 Å². The van der Waals surface area contributed by atoms with Gasteiger partial charge in [0.2, 0.25) is 0 Å². The van der Waals surface area contributed by atoms with E-state index in [2.05, 4.69) is 4.74 Å². The van der Waals surface area contributed by atoms with Gasteiger partial charge in [-0.15, -0.1) is 0 Å². The van der Waals surface area contributed by atoms with Gasteiger partial charge in [-0.2, -0.15) is 13.1 Å². The second-order valence-electron chi connectivity index (χ2n) is 2.66. The zero-order valence-electron chi connectivity index (χ0n) is 8.37. The Hall–Kier alpha value is -1.00. The van der Waals surface area contributed by atoms with Crippen LogP contribution in [0.25, 0.3) is 0 Å². The minimum atomic E-state index is -4.41. The number of alkyl halides is 2. The molecule has 0 aliphatic rings. The Morgan fingerprint density at radius 1 is 1.50 bits per heavy atom. The molecule has 1 amide bonds. The van der Waals surface area contributed by atoms with Crippen molar-refractivity contribution < 1.29 is 31.8 Å². The van der Waals surface area contributed by atoms with E-state index in [9.17, 15) is 22.0 Å². The van der Waals surface area contributed by atoms with Gasteiger partial charge in [-0.3, -0.25) is 0 Å². The number of halogens is 2. The van der Waals surface area contributed by atoms with Crippen LogP contribution < -0.4 is 9.44 Å². The second-order valence-corrected chi connectivity index (χ2v) is 4.16. The SMILES string of the molecule is CCOC(=O)NS(=O)(=O)NCC(F)(F)CO. The zero-order chi connectivity index (χ0) is 12.8. The number of hydrogen-bond acceptors (Lipinski definition) is 5. The summed E-state index contributed by atoms with van der Waals surface area (Å²) in [5, 5.41) is 8.16. The van der Waals surface area contributed by atoms with E-state index < -0.39 is 35.4 Å². The van der Waals surface area contributed by atoms with Crippen molar-refractivity contribution in [3.05, 3.63) is 0 Å². The molecule has 0 unspecified atom stereocenters. The van der Waals surface area contributed by atoms with Crippen LogP contribution in [0.2, 0.25) is 0 Å². The second kappa shape index (κ2) is 5.92. The molecule has 0 aliphatic heterocycles. The summed E-state index contributed by atoms with van der Waals surface area (Å²) in [6, 6.07) is 0. The first kappa shape index (κ1) is 15.0. The van der Waals surface area contributed by atoms with Crippen molar-refractivity contribution in [2.75, 3.05) is 19.8 Å². The molecular weight excluding hydrogens is 250 g/mol. The number of hydrogen-bond donors (Lipinski definition) is 3. The van der Waals surface area contributed by atoms with Crippen molar-refractivity contribution in [1.82, 2.24) is 9.44 Å². The highest BCUT2D eigenvalue weighted by Crippen LogP contribution is 2.09. The Balaban J connectivity index is 4.21. The average Bonchev–Trinajstić information content (AvgIpc) is 2.15. The van der Waals surface area contributed by atoms with Crippen molar-refractivity contribution in [3.8, 4) is 0 Å². The third kappa shape index (κ3) is 6.48. The monoisotopic (exact) mass is 262 g/mol. The van der Waals surface area contributed by atoms with Crippen LogP contribution >= 0.6 is 0 Å². The third-order valence-electron chi connectivity index (χ3n) is 1.25. The normalized spacial score (nSPS) is 12.2. The molecule has 10 heteroatoms. The van der Waals surface area contributed by atoms with E-state index in [1.807, 2.05) is 0 Å². The minimum Gasteiger partial charge on any atom is -0.449 e. The summed E-state index contributed by atoms with van der Waals surface area (Å²) >= 11 is 0. The van der Waals surface area contributed by atoms with Gasteiger partial charge < -0.3 is 9.84 Å². The Morgan fingerprint density at radius 2 is 2.06 bits per heavy atom. The fraction of sp³-hybridized carbons (Fsp3) is 0.833. The maximum Gasteiger partial charge on any atom is 0.421 e. The largest absolute Gasteiger partial charge is 0.449 e. The van der Waals surface area contributed by atoms with Crippen molar-refractivity contribution in [3.63, 3.8) is 0 Å². The third-order valence-corrected chi connectivity index (χ3v) is 2.21. The number of rotatable bonds is 6. The Labute approximate surface area is 91.0 Å². The summed E-state index contributed by atoms with van der Waals surface area (Å²) in [5.41, 5.74) is 0. The van der Waals surface area contributed by atoms with Gasteiger partial charge in [-0.1, -0.05) is 0 Å². The van der Waals surface area contributed by atoms with E-state index in [1.54, 1.807) is 0 Å². The lowest BCUT2D eigenvalue weighted by atomic mass is 10.4. The first-order valence-electron chi connectivity index (χ1n) is 4.15. The van der Waals surface area contributed by atoms with Crippen molar-refractivity contribution in [1.29, 1.82) is 0 Å². The molecule has 0 aromatic heterocycles. The summed E-state index contributed by atoms with van der Waals surface area (Å²) in [6.07, 6.45) is -1.28. The molecule has 0 fully saturated rings. The number of ether oxygens (including phenoxy) is 1. The number of carbonyl (C=O) groups is 1. The van der Waals surface area contributed by atoms with Gasteiger partial charge in [-0.25, -0.2) is 18.3 Å². The molecule has 0 aliphatic carbocycles. The molecule has 96 valence electrons. The van der Waals surface area contributed by atoms with Crippen molar-refractivity contribution in [2.24, 2.45) is 0 Å². The highest BCUT2D eigenvalue weighted by molar-refractivity contribution is 7.88. The summed E-state index contributed by atoms with van der Waals surface area (Å²) in [4.78, 5) is 10.7. The van der Waals surface area contributed by atoms with Crippen LogP contribution in [0, 0.1) is 0 Å². The molecular formula is C6H12F2N2O5S. The van der Waals surface area contributed by atoms with Gasteiger partial charge >= 0.3 is 16.3 Å². The average molecular weight is 262 g/mol. The maximum absolute atomic E-state index is 12.4. The van der Waals surface area contributed by atoms with Crippen molar-refractivity contribution >= 4 is 16.3 Å². The van der Waals surface area contributed by atoms with Crippen molar-refractivity contribution in [2.45, 2.75) is 12.8 Å². The first-order chi connectivity index (χ1) is 7.22. The first-order valence-corrected chi connectivity index (χ1v) is 5.63. The number of nitrogens with one attached hydrogen (secondary N) is 2. The topological polar surface area (TPSA) is 105 Å². The minimum absolute atomic E-state index is 0.0614. The van der Waals surface area contributed by atoms with Crippen LogP contribution in [0.15, 0.2) is 0 Å². The summed E-state index contributed by atoms with van der Waals surface area (Å²) in [6.45, 7) is -1.44. The molecule has 0 saturated carbocycles. The van der Waals surface area contributed by atoms with E-state index in [4.69, 9.17) is 5.11 Å². The predicted octanol–water partition coefficient (Wildman–Crippen LogP) is -0.806. The molecule has 3 N–H and O–H groups in total. The lowest BCUT2D eigenvalue weighted by Crippen LogP contribution is -2.46. The highest BCUT2D eigenvalue weighted by Gasteiger charge is 2.30. The molecule has 0 saturated heterocycles. The molecule has 0 rings (SSSR count). The van der Waals surface area contributed by atoms with Gasteiger partial charge in [0.1, 0.15) is 6.61 Å². The van der Waals surface area contributed by atoms with Crippen LogP contribution in [0.1, 0.15) is 6.92 Å². The Bertz CT molecular complexity index is 332. The molecule has 16 heavy (non-hydrogen) atoms. The van der Waals surface area contributed by atoms with Gasteiger partial charge in [-0.05, 0) is 6.92 Å². The zero-order valence-corrected chi connectivity index (χ0v) is 9.18. The summed E-state index contributed by atoms with van der Waals surface area (Å²) in [7, 11) is -4.41. The van der Waals surface area contributed by atoms with Crippen LogP contribution in [0.4, 0.5) is 13.6 Å². The smallest absolute Gasteiger partial charge is 0.421 e. The van der Waals surface area contributed by atoms with Crippen LogP contribution in [0.5, 0.6) is 0 Å². The van der Waals surface area contributed by atoms with E-state index in [1.165, 1.54) is 16.4 Å². The molecule has 7 nitrogen and oxygen atoms in total. The van der Waals surface area contributed by atoms with E-state index in [0.29, 0.717) is 0 Å². The van der Waals surface area contributed by atoms with Gasteiger partial charge in [0, 0.05) is 0 Å². The molecule has 0 aromatic carbocycles. The number of aliphatic hydroxyl groups is 1. The van der Waals surface area contributed by atoms with Crippen LogP contribution in [-0.4, -0.2) is 45.3 Å². The maximum atomic E-state index is 12.4. The standard InChI is InChI=1S/C6H12F2N2O5S/c1-2-15-5(12)10-16(13,14)9-3-6(7,8)4-11/h9,11H,2-4H2,1H3,(H,10,12). The summed E-state index contributed by atoms with van der Waals surface area (Å²) < 4.78 is 53.7. The van der Waals surface area contributed by atoms with E-state index in [-0.39, 0.29) is 6.61 Å². The van der Waals surface area contributed by atoms with Gasteiger partial charge in [0.05, 0.1) is 13.2 Å². The molecule has 0 radical (unpaired) electrons. The quantitative estimate of drug-likeness (QED) is 0.581. The molecule has 0 bridgehead atoms. The van der Waals surface area contributed by atoms with Gasteiger partial charge in [0.15, 0.2) is 0 Å². The number of amides is 1. The van der Waals surface area contributed by atoms with Gasteiger partial charge in [0.25, 0.3) is 5.92 Å². The Morgan fingerprint density at radius 3 is 2.50 bits per heavy atom. The van der Waals surface area contributed by atoms with E-state index in [0.717, 1.165) is 0 Å². The summed E-state index contributed by atoms with van der Waals surface area (Å²) in [5.74, 6) is -3.59. The molecule has 0 spiro atoms. The van der Waals surface area contributed by atoms with E-state index >= 15 is 0 Å². The fourth-order valence-electron chi connectivity index (χ4n) is 0.563. The number of carbonyl (C=O) groups excluding carboxylic acids is 1. The number of aliphatic hydroxyl groups excluding tert-OH is 1. The molecule has 0 atom stereocenters. The highest BCUT2D eigenvalue weighted by atomic mass is 32.2. The lowest BCUT2D eigenvalue weighted by Gasteiger charge is -2.14. The molecule has 0 aromatic rings. The fourth-order valence-corrected chi connectivity index (χ4v) is 1.31. The predicted molar refractivity (Wildman–Crippen MR) is 49.1 cm³/mol. The molecule has 0 heterocycles. The lowest BCUT2D eigenvalue weighted by molar-refractivity contribution is -0.0437. The Kier molecular flexibility index (Phi) is 5.55. The van der Waals surface area contributed by atoms with Crippen LogP contribution in [-0.2, 0) is 14.9 Å².